The zero-order chi connectivity index (χ0) is 8.55. The van der Waals surface area contributed by atoms with Crippen molar-refractivity contribution in [2.75, 3.05) is 0 Å². The van der Waals surface area contributed by atoms with Crippen molar-refractivity contribution in [3.8, 4) is 0 Å². The molecule has 4 nitrogen and oxygen atoms in total. The molecule has 0 radical (unpaired) electrons. The predicted molar refractivity (Wildman–Crippen MR) is 41.4 cm³/mol. The number of aliphatic hydroxyl groups excluding tert-OH is 1. The van der Waals surface area contributed by atoms with Gasteiger partial charge in [-0.2, -0.15) is 4.98 Å². The third-order valence-corrected chi connectivity index (χ3v) is 2.02. The van der Waals surface area contributed by atoms with Crippen molar-refractivity contribution in [1.29, 1.82) is 0 Å². The van der Waals surface area contributed by atoms with Crippen molar-refractivity contribution in [2.45, 2.75) is 32.3 Å². The first-order valence-electron chi connectivity index (χ1n) is 4.26. The topological polar surface area (TPSA) is 59.2 Å². The Balaban J connectivity index is 2.02. The number of hydrogen-bond donors (Lipinski definition) is 1. The van der Waals surface area contributed by atoms with E-state index in [0.29, 0.717) is 11.7 Å². The average Bonchev–Trinajstić information content (AvgIpc) is 2.66. The van der Waals surface area contributed by atoms with E-state index in [-0.39, 0.29) is 0 Å². The minimum absolute atomic E-state index is 0.394. The molecule has 2 rings (SSSR count). The molecule has 1 N–H and O–H groups in total. The third kappa shape index (κ3) is 1.64. The Morgan fingerprint density at radius 2 is 2.42 bits per heavy atom. The number of nitrogens with zero attached hydrogens (tertiary/aromatic N) is 2. The second-order valence-corrected chi connectivity index (χ2v) is 3.37. The summed E-state index contributed by atoms with van der Waals surface area (Å²) in [5.41, 5.74) is 0. The summed E-state index contributed by atoms with van der Waals surface area (Å²) in [6.45, 7) is 1.63. The number of aliphatic hydroxyl groups is 1. The van der Waals surface area contributed by atoms with Crippen molar-refractivity contribution in [2.24, 2.45) is 5.92 Å². The minimum Gasteiger partial charge on any atom is -0.385 e. The molecule has 0 aromatic carbocycles. The number of rotatable bonds is 3. The molecule has 1 heterocycles. The molecule has 1 aliphatic carbocycles. The van der Waals surface area contributed by atoms with Gasteiger partial charge in [-0.1, -0.05) is 5.16 Å². The van der Waals surface area contributed by atoms with E-state index in [4.69, 9.17) is 9.63 Å². The maximum Gasteiger partial charge on any atom is 0.227 e. The van der Waals surface area contributed by atoms with Gasteiger partial charge in [0.05, 0.1) is 0 Å². The summed E-state index contributed by atoms with van der Waals surface area (Å²) >= 11 is 0. The maximum absolute atomic E-state index is 9.10. The fourth-order valence-corrected chi connectivity index (χ4v) is 1.09. The van der Waals surface area contributed by atoms with Gasteiger partial charge in [0, 0.05) is 6.42 Å². The van der Waals surface area contributed by atoms with Crippen LogP contribution in [0.4, 0.5) is 0 Å². The Bertz CT molecular complexity index is 266. The molecule has 0 bridgehead atoms. The van der Waals surface area contributed by atoms with Crippen LogP contribution in [0.5, 0.6) is 0 Å². The quantitative estimate of drug-likeness (QED) is 0.733. The van der Waals surface area contributed by atoms with E-state index in [0.717, 1.165) is 12.3 Å². The van der Waals surface area contributed by atoms with Crippen molar-refractivity contribution in [3.63, 3.8) is 0 Å². The molecule has 4 heteroatoms. The van der Waals surface area contributed by atoms with Crippen LogP contribution in [-0.4, -0.2) is 15.2 Å². The second kappa shape index (κ2) is 2.86. The van der Waals surface area contributed by atoms with E-state index in [2.05, 4.69) is 10.1 Å². The smallest absolute Gasteiger partial charge is 0.227 e. The molecule has 0 aliphatic heterocycles. The van der Waals surface area contributed by atoms with E-state index in [1.807, 2.05) is 0 Å². The van der Waals surface area contributed by atoms with Gasteiger partial charge < -0.3 is 9.63 Å². The number of hydrogen-bond acceptors (Lipinski definition) is 4. The van der Waals surface area contributed by atoms with Crippen LogP contribution < -0.4 is 0 Å². The lowest BCUT2D eigenvalue weighted by atomic mass is 10.3. The summed E-state index contributed by atoms with van der Waals surface area (Å²) < 4.78 is 4.96. The molecule has 0 saturated heterocycles. The fraction of sp³-hybridized carbons (Fsp3) is 0.750. The standard InChI is InChI=1S/C8H12N2O2/c1-5(11)8-9-7(12-10-8)4-6-2-3-6/h5-6,11H,2-4H2,1H3. The SMILES string of the molecule is CC(O)c1noc(CC2CC2)n1. The molecular formula is C8H12N2O2. The molecule has 1 aromatic rings. The molecule has 0 amide bonds. The lowest BCUT2D eigenvalue weighted by molar-refractivity contribution is 0.184. The summed E-state index contributed by atoms with van der Waals surface area (Å²) in [4.78, 5) is 4.06. The molecule has 1 saturated carbocycles. The van der Waals surface area contributed by atoms with Crippen molar-refractivity contribution >= 4 is 0 Å². The van der Waals surface area contributed by atoms with Gasteiger partial charge in [-0.25, -0.2) is 0 Å². The minimum atomic E-state index is -0.623. The van der Waals surface area contributed by atoms with Gasteiger partial charge in [-0.3, -0.25) is 0 Å². The van der Waals surface area contributed by atoms with Crippen molar-refractivity contribution in [1.82, 2.24) is 10.1 Å². The first kappa shape index (κ1) is 7.73. The fourth-order valence-electron chi connectivity index (χ4n) is 1.09. The molecule has 1 unspecified atom stereocenters. The van der Waals surface area contributed by atoms with Crippen LogP contribution in [0, 0.1) is 5.92 Å². The van der Waals surface area contributed by atoms with Crippen molar-refractivity contribution in [3.05, 3.63) is 11.7 Å². The van der Waals surface area contributed by atoms with Gasteiger partial charge in [-0.05, 0) is 25.7 Å². The van der Waals surface area contributed by atoms with Crippen LogP contribution in [0.2, 0.25) is 0 Å². The van der Waals surface area contributed by atoms with E-state index < -0.39 is 6.10 Å². The highest BCUT2D eigenvalue weighted by molar-refractivity contribution is 4.92. The number of aromatic nitrogens is 2. The summed E-state index contributed by atoms with van der Waals surface area (Å²) in [5, 5.41) is 12.8. The second-order valence-electron chi connectivity index (χ2n) is 3.37. The normalized spacial score (nSPS) is 19.5. The monoisotopic (exact) mass is 168 g/mol. The Kier molecular flexibility index (Phi) is 1.84. The van der Waals surface area contributed by atoms with Crippen LogP contribution in [0.3, 0.4) is 0 Å². The van der Waals surface area contributed by atoms with E-state index in [1.54, 1.807) is 6.92 Å². The van der Waals surface area contributed by atoms with Crippen LogP contribution in [-0.2, 0) is 6.42 Å². The first-order valence-corrected chi connectivity index (χ1v) is 4.26. The Labute approximate surface area is 70.6 Å². The Hall–Kier alpha value is -0.900. The summed E-state index contributed by atoms with van der Waals surface area (Å²) in [6.07, 6.45) is 2.79. The summed E-state index contributed by atoms with van der Waals surface area (Å²) in [5.74, 6) is 1.80. The van der Waals surface area contributed by atoms with Gasteiger partial charge in [0.25, 0.3) is 0 Å². The largest absolute Gasteiger partial charge is 0.385 e. The highest BCUT2D eigenvalue weighted by atomic mass is 16.5. The van der Waals surface area contributed by atoms with E-state index in [1.165, 1.54) is 12.8 Å². The third-order valence-electron chi connectivity index (χ3n) is 2.02. The molecule has 1 aromatic heterocycles. The molecule has 12 heavy (non-hydrogen) atoms. The zero-order valence-corrected chi connectivity index (χ0v) is 7.03. The van der Waals surface area contributed by atoms with Crippen LogP contribution in [0.25, 0.3) is 0 Å². The van der Waals surface area contributed by atoms with Crippen molar-refractivity contribution < 1.29 is 9.63 Å². The van der Waals surface area contributed by atoms with Gasteiger partial charge in [-0.15, -0.1) is 0 Å². The molecule has 0 spiro atoms. The average molecular weight is 168 g/mol. The lowest BCUT2D eigenvalue weighted by Gasteiger charge is -1.91. The van der Waals surface area contributed by atoms with Gasteiger partial charge in [0.1, 0.15) is 6.10 Å². The summed E-state index contributed by atoms with van der Waals surface area (Å²) in [7, 11) is 0. The molecular weight excluding hydrogens is 156 g/mol. The zero-order valence-electron chi connectivity index (χ0n) is 7.03. The van der Waals surface area contributed by atoms with Gasteiger partial charge in [0.2, 0.25) is 5.89 Å². The highest BCUT2D eigenvalue weighted by Crippen LogP contribution is 2.32. The lowest BCUT2D eigenvalue weighted by Crippen LogP contribution is -1.94. The Morgan fingerprint density at radius 3 is 2.92 bits per heavy atom. The molecule has 1 fully saturated rings. The van der Waals surface area contributed by atoms with Crippen LogP contribution in [0.15, 0.2) is 4.52 Å². The summed E-state index contributed by atoms with van der Waals surface area (Å²) in [6, 6.07) is 0. The van der Waals surface area contributed by atoms with E-state index >= 15 is 0 Å². The highest BCUT2D eigenvalue weighted by Gasteiger charge is 2.24. The van der Waals surface area contributed by atoms with Crippen LogP contribution in [0.1, 0.15) is 37.6 Å². The predicted octanol–water partition coefficient (Wildman–Crippen LogP) is 1.08. The molecule has 1 atom stereocenters. The van der Waals surface area contributed by atoms with Crippen LogP contribution >= 0.6 is 0 Å². The molecule has 66 valence electrons. The van der Waals surface area contributed by atoms with Gasteiger partial charge in [0.15, 0.2) is 5.82 Å². The van der Waals surface area contributed by atoms with Gasteiger partial charge >= 0.3 is 0 Å². The Morgan fingerprint density at radius 1 is 1.67 bits per heavy atom. The molecule has 1 aliphatic rings. The first-order chi connectivity index (χ1) is 5.75. The maximum atomic E-state index is 9.10. The van der Waals surface area contributed by atoms with E-state index in [9.17, 15) is 0 Å².